The van der Waals surface area contributed by atoms with Gasteiger partial charge < -0.3 is 15.1 Å². The maximum absolute atomic E-state index is 12.8. The highest BCUT2D eigenvalue weighted by Crippen LogP contribution is 2.40. The first-order valence-electron chi connectivity index (χ1n) is 12.5. The molecule has 3 rings (SSSR count). The van der Waals surface area contributed by atoms with Crippen molar-refractivity contribution in [1.82, 2.24) is 4.90 Å². The molecule has 2 aromatic carbocycles. The minimum atomic E-state index is -1.04. The van der Waals surface area contributed by atoms with E-state index in [0.717, 1.165) is 60.8 Å². The lowest BCUT2D eigenvalue weighted by Crippen LogP contribution is -2.32. The summed E-state index contributed by atoms with van der Waals surface area (Å²) in [5.41, 5.74) is 4.64. The van der Waals surface area contributed by atoms with E-state index in [1.807, 2.05) is 19.1 Å². The Morgan fingerprint density at radius 1 is 1.00 bits per heavy atom. The summed E-state index contributed by atoms with van der Waals surface area (Å²) >= 11 is 0. The number of hydrogen-bond acceptors (Lipinski definition) is 3. The molecule has 186 valence electrons. The average Bonchev–Trinajstić information content (AvgIpc) is 3.25. The minimum absolute atomic E-state index is 0.223. The second kappa shape index (κ2) is 10.7. The third-order valence-corrected chi connectivity index (χ3v) is 7.58. The van der Waals surface area contributed by atoms with Crippen molar-refractivity contribution in [2.45, 2.75) is 77.2 Å². The van der Waals surface area contributed by atoms with Gasteiger partial charge in [0.15, 0.2) is 0 Å². The molecule has 0 saturated heterocycles. The minimum Gasteiger partial charge on any atom is -0.480 e. The van der Waals surface area contributed by atoms with Gasteiger partial charge in [0.25, 0.3) is 5.91 Å². The van der Waals surface area contributed by atoms with Crippen LogP contribution in [0, 0.1) is 25.7 Å². The van der Waals surface area contributed by atoms with Gasteiger partial charge in [0.2, 0.25) is 0 Å². The number of carbonyl (C=O) groups is 2. The molecule has 35 heavy (non-hydrogen) atoms. The van der Waals surface area contributed by atoms with Crippen molar-refractivity contribution in [2.24, 2.45) is 0 Å². The predicted octanol–water partition coefficient (Wildman–Crippen LogP) is 5.22. The summed E-state index contributed by atoms with van der Waals surface area (Å²) in [6, 6.07) is 12.3. The molecule has 0 aromatic heterocycles. The van der Waals surface area contributed by atoms with Crippen LogP contribution in [0.5, 0.6) is 0 Å². The first-order valence-corrected chi connectivity index (χ1v) is 12.5. The number of hydrogen-bond donors (Lipinski definition) is 2. The summed E-state index contributed by atoms with van der Waals surface area (Å²) in [7, 11) is 1.50. The molecule has 0 heterocycles. The zero-order valence-electron chi connectivity index (χ0n) is 21.6. The maximum Gasteiger partial charge on any atom is 0.323 e. The van der Waals surface area contributed by atoms with Crippen molar-refractivity contribution >= 4 is 11.9 Å². The molecule has 0 bridgehead atoms. The van der Waals surface area contributed by atoms with Crippen LogP contribution in [-0.4, -0.2) is 46.2 Å². The van der Waals surface area contributed by atoms with Gasteiger partial charge in [-0.3, -0.25) is 9.59 Å². The Morgan fingerprint density at radius 3 is 2.09 bits per heavy atom. The number of carboxylic acids is 1. The molecular formula is C30H37NO4. The summed E-state index contributed by atoms with van der Waals surface area (Å²) in [6.07, 6.45) is 5.32. The van der Waals surface area contributed by atoms with E-state index in [9.17, 15) is 14.7 Å². The Hall–Kier alpha value is -3.10. The number of nitrogens with zero attached hydrogens (tertiary/aromatic N) is 1. The third-order valence-electron chi connectivity index (χ3n) is 7.58. The summed E-state index contributed by atoms with van der Waals surface area (Å²) < 4.78 is 0. The summed E-state index contributed by atoms with van der Waals surface area (Å²) in [5, 5.41) is 19.6. The largest absolute Gasteiger partial charge is 0.480 e. The molecule has 5 heteroatoms. The number of rotatable bonds is 7. The topological polar surface area (TPSA) is 77.8 Å². The van der Waals surface area contributed by atoms with Crippen LogP contribution in [0.25, 0.3) is 0 Å². The number of aliphatic hydroxyl groups is 1. The SMILES string of the molecule is CCC(CC)(c1ccc(C#CC2(O)CCCC2)c(C)c1)c1ccc(C(=O)N(C)CC(=O)O)c(C)c1. The van der Waals surface area contributed by atoms with Crippen LogP contribution in [0.15, 0.2) is 36.4 Å². The number of carboxylic acid groups (broad SMARTS) is 1. The van der Waals surface area contributed by atoms with Crippen LogP contribution in [0.1, 0.15) is 90.5 Å². The molecule has 0 aliphatic heterocycles. The van der Waals surface area contributed by atoms with Gasteiger partial charge in [-0.15, -0.1) is 0 Å². The molecular weight excluding hydrogens is 438 g/mol. The third kappa shape index (κ3) is 5.60. The van der Waals surface area contributed by atoms with Crippen molar-refractivity contribution in [3.05, 3.63) is 69.8 Å². The summed E-state index contributed by atoms with van der Waals surface area (Å²) in [6.45, 7) is 7.99. The molecule has 1 saturated carbocycles. The normalized spacial score (nSPS) is 14.8. The van der Waals surface area contributed by atoms with Gasteiger partial charge in [0.1, 0.15) is 12.1 Å². The quantitative estimate of drug-likeness (QED) is 0.538. The Balaban J connectivity index is 1.95. The lowest BCUT2D eigenvalue weighted by Gasteiger charge is -2.34. The van der Waals surface area contributed by atoms with Crippen molar-refractivity contribution in [2.75, 3.05) is 13.6 Å². The van der Waals surface area contributed by atoms with Gasteiger partial charge in [0, 0.05) is 23.6 Å². The number of likely N-dealkylation sites (N-methyl/N-ethyl adjacent to an activating group) is 1. The number of amides is 1. The molecule has 1 fully saturated rings. The van der Waals surface area contributed by atoms with E-state index in [-0.39, 0.29) is 17.9 Å². The van der Waals surface area contributed by atoms with E-state index >= 15 is 0 Å². The highest BCUT2D eigenvalue weighted by atomic mass is 16.4. The van der Waals surface area contributed by atoms with Crippen LogP contribution in [0.4, 0.5) is 0 Å². The highest BCUT2D eigenvalue weighted by molar-refractivity contribution is 5.97. The van der Waals surface area contributed by atoms with Crippen molar-refractivity contribution in [1.29, 1.82) is 0 Å². The second-order valence-corrected chi connectivity index (χ2v) is 9.89. The fourth-order valence-corrected chi connectivity index (χ4v) is 5.28. The lowest BCUT2D eigenvalue weighted by atomic mass is 9.69. The monoisotopic (exact) mass is 475 g/mol. The number of aryl methyl sites for hydroxylation is 2. The molecule has 0 unspecified atom stereocenters. The van der Waals surface area contributed by atoms with E-state index in [1.165, 1.54) is 17.5 Å². The Bertz CT molecular complexity index is 1160. The van der Waals surface area contributed by atoms with Gasteiger partial charge in [-0.05, 0) is 86.8 Å². The zero-order chi connectivity index (χ0) is 25.8. The molecule has 5 nitrogen and oxygen atoms in total. The van der Waals surface area contributed by atoms with E-state index in [2.05, 4.69) is 56.9 Å². The molecule has 0 atom stereocenters. The van der Waals surface area contributed by atoms with Gasteiger partial charge in [-0.2, -0.15) is 0 Å². The van der Waals surface area contributed by atoms with Crippen molar-refractivity contribution < 1.29 is 19.8 Å². The van der Waals surface area contributed by atoms with Crippen LogP contribution in [0.2, 0.25) is 0 Å². The standard InChI is InChI=1S/C30H37NO4/c1-6-30(7-2,25-12-13-26(22(4)19-25)28(34)31(5)20-27(32)33)24-11-10-23(21(3)18-24)14-17-29(35)15-8-9-16-29/h10-13,18-19,35H,6-9,15-16,20H2,1-5H3,(H,32,33). The van der Waals surface area contributed by atoms with Gasteiger partial charge in [0.05, 0.1) is 0 Å². The van der Waals surface area contributed by atoms with Crippen LogP contribution >= 0.6 is 0 Å². The average molecular weight is 476 g/mol. The van der Waals surface area contributed by atoms with Crippen LogP contribution in [-0.2, 0) is 10.2 Å². The van der Waals surface area contributed by atoms with E-state index < -0.39 is 11.6 Å². The molecule has 1 aliphatic rings. The first-order chi connectivity index (χ1) is 16.5. The van der Waals surface area contributed by atoms with Gasteiger partial charge in [-0.25, -0.2) is 0 Å². The zero-order valence-corrected chi connectivity index (χ0v) is 21.6. The first kappa shape index (κ1) is 26.5. The number of aliphatic carboxylic acids is 1. The van der Waals surface area contributed by atoms with Gasteiger partial charge in [-0.1, -0.05) is 50.0 Å². The summed E-state index contributed by atoms with van der Waals surface area (Å²) in [5.74, 6) is 5.00. The van der Waals surface area contributed by atoms with Crippen molar-refractivity contribution in [3.63, 3.8) is 0 Å². The van der Waals surface area contributed by atoms with Crippen LogP contribution < -0.4 is 0 Å². The van der Waals surface area contributed by atoms with E-state index in [4.69, 9.17) is 5.11 Å². The fraction of sp³-hybridized carbons (Fsp3) is 0.467. The Morgan fingerprint density at radius 2 is 1.57 bits per heavy atom. The van der Waals surface area contributed by atoms with E-state index in [1.54, 1.807) is 0 Å². The van der Waals surface area contributed by atoms with E-state index in [0.29, 0.717) is 5.56 Å². The van der Waals surface area contributed by atoms with Crippen molar-refractivity contribution in [3.8, 4) is 11.8 Å². The number of benzene rings is 2. The smallest absolute Gasteiger partial charge is 0.323 e. The van der Waals surface area contributed by atoms with Crippen LogP contribution in [0.3, 0.4) is 0 Å². The lowest BCUT2D eigenvalue weighted by molar-refractivity contribution is -0.137. The summed E-state index contributed by atoms with van der Waals surface area (Å²) in [4.78, 5) is 25.0. The number of carbonyl (C=O) groups excluding carboxylic acids is 1. The van der Waals surface area contributed by atoms with Gasteiger partial charge >= 0.3 is 5.97 Å². The fourth-order valence-electron chi connectivity index (χ4n) is 5.28. The molecule has 1 aliphatic carbocycles. The second-order valence-electron chi connectivity index (χ2n) is 9.89. The Kier molecular flexibility index (Phi) is 8.07. The Labute approximate surface area is 209 Å². The molecule has 2 N–H and O–H groups in total. The molecule has 1 amide bonds. The molecule has 0 spiro atoms. The molecule has 2 aromatic rings. The highest BCUT2D eigenvalue weighted by Gasteiger charge is 2.32. The predicted molar refractivity (Wildman–Crippen MR) is 139 cm³/mol. The molecule has 0 radical (unpaired) electrons. The maximum atomic E-state index is 12.8.